The largest absolute Gasteiger partial charge is 0.409 e. The van der Waals surface area contributed by atoms with Crippen LogP contribution in [0.1, 0.15) is 68.9 Å². The Hall–Kier alpha value is -1.32. The first-order valence-electron chi connectivity index (χ1n) is 8.44. The molecule has 0 amide bonds. The monoisotopic (exact) mass is 328 g/mol. The van der Waals surface area contributed by atoms with Crippen molar-refractivity contribution in [2.24, 2.45) is 5.92 Å². The van der Waals surface area contributed by atoms with Crippen molar-refractivity contribution in [1.29, 1.82) is 0 Å². The molecule has 0 spiro atoms. The Balaban J connectivity index is 1.97. The van der Waals surface area contributed by atoms with Crippen molar-refractivity contribution in [2.45, 2.75) is 64.0 Å². The van der Waals surface area contributed by atoms with Gasteiger partial charge in [-0.05, 0) is 55.2 Å². The van der Waals surface area contributed by atoms with Crippen LogP contribution in [0.4, 0.5) is 17.6 Å². The number of halogens is 4. The summed E-state index contributed by atoms with van der Waals surface area (Å²) in [5.41, 5.74) is 0.906. The molecule has 1 aromatic carbocycles. The van der Waals surface area contributed by atoms with Crippen molar-refractivity contribution >= 4 is 6.08 Å². The molecule has 4 heteroatoms. The zero-order valence-corrected chi connectivity index (χ0v) is 13.5. The lowest BCUT2D eigenvalue weighted by molar-refractivity contribution is -0.0790. The number of allylic oxidation sites excluding steroid dienone is 1. The van der Waals surface area contributed by atoms with Crippen LogP contribution < -0.4 is 0 Å². The molecule has 0 atom stereocenters. The van der Waals surface area contributed by atoms with Gasteiger partial charge in [0.05, 0.1) is 0 Å². The van der Waals surface area contributed by atoms with Crippen LogP contribution in [-0.2, 0) is 0 Å². The molecule has 1 aliphatic rings. The maximum atomic E-state index is 14.0. The lowest BCUT2D eigenvalue weighted by Crippen LogP contribution is -2.13. The van der Waals surface area contributed by atoms with Crippen molar-refractivity contribution in [3.8, 4) is 0 Å². The summed E-state index contributed by atoms with van der Waals surface area (Å²) < 4.78 is 50.5. The fourth-order valence-electron chi connectivity index (χ4n) is 3.39. The van der Waals surface area contributed by atoms with Gasteiger partial charge in [0.2, 0.25) is 0 Å². The Bertz CT molecular complexity index is 523. The van der Waals surface area contributed by atoms with E-state index < -0.39 is 12.0 Å². The number of alkyl halides is 3. The summed E-state index contributed by atoms with van der Waals surface area (Å²) in [4.78, 5) is 0. The van der Waals surface area contributed by atoms with Gasteiger partial charge in [-0.25, -0.2) is 4.39 Å². The molecular formula is C19H24F4. The molecule has 0 aliphatic heterocycles. The van der Waals surface area contributed by atoms with Crippen LogP contribution in [0.5, 0.6) is 0 Å². The van der Waals surface area contributed by atoms with Crippen LogP contribution in [0, 0.1) is 11.7 Å². The van der Waals surface area contributed by atoms with Gasteiger partial charge in [0, 0.05) is 11.6 Å². The Morgan fingerprint density at radius 1 is 1.13 bits per heavy atom. The molecule has 1 aromatic rings. The second-order valence-electron chi connectivity index (χ2n) is 6.52. The number of unbranched alkanes of at least 4 members (excludes halogenated alkanes) is 1. The van der Waals surface area contributed by atoms with E-state index in [1.807, 2.05) is 0 Å². The molecule has 2 rings (SSSR count). The van der Waals surface area contributed by atoms with Crippen LogP contribution in [0.15, 0.2) is 24.3 Å². The summed E-state index contributed by atoms with van der Waals surface area (Å²) in [6, 6.07) is 4.64. The number of hydrogen-bond donors (Lipinski definition) is 0. The van der Waals surface area contributed by atoms with Crippen molar-refractivity contribution in [1.82, 2.24) is 0 Å². The van der Waals surface area contributed by atoms with Gasteiger partial charge in [-0.1, -0.05) is 38.3 Å². The predicted molar refractivity (Wildman–Crippen MR) is 85.7 cm³/mol. The van der Waals surface area contributed by atoms with Gasteiger partial charge < -0.3 is 0 Å². The van der Waals surface area contributed by atoms with E-state index in [1.54, 1.807) is 6.07 Å². The van der Waals surface area contributed by atoms with Crippen LogP contribution in [0.25, 0.3) is 6.08 Å². The topological polar surface area (TPSA) is 0 Å². The molecule has 1 saturated carbocycles. The summed E-state index contributed by atoms with van der Waals surface area (Å²) >= 11 is 0. The smallest absolute Gasteiger partial charge is 0.206 e. The fourth-order valence-corrected chi connectivity index (χ4v) is 3.39. The Morgan fingerprint density at radius 2 is 1.83 bits per heavy atom. The Kier molecular flexibility index (Phi) is 6.25. The maximum absolute atomic E-state index is 14.0. The van der Waals surface area contributed by atoms with Crippen LogP contribution in [-0.4, -0.2) is 6.18 Å². The lowest BCUT2D eigenvalue weighted by atomic mass is 9.77. The van der Waals surface area contributed by atoms with Crippen LogP contribution >= 0.6 is 0 Å². The molecule has 0 heterocycles. The zero-order valence-electron chi connectivity index (χ0n) is 13.5. The Labute approximate surface area is 135 Å². The quantitative estimate of drug-likeness (QED) is 0.518. The van der Waals surface area contributed by atoms with E-state index in [2.05, 4.69) is 6.92 Å². The summed E-state index contributed by atoms with van der Waals surface area (Å²) in [6.07, 6.45) is 4.65. The normalized spacial score (nSPS) is 22.7. The highest BCUT2D eigenvalue weighted by Crippen LogP contribution is 2.38. The first-order valence-corrected chi connectivity index (χ1v) is 8.44. The molecule has 0 aromatic heterocycles. The standard InChI is InChI=1S/C19H24F4/c1-2-3-4-14-5-7-15(8-6-14)17-10-9-16(18(20)13-17)11-12-19(21,22)23/h9-15H,2-8H2,1H3/b12-11-. The second-order valence-corrected chi connectivity index (χ2v) is 6.52. The minimum absolute atomic E-state index is 0.0114. The molecule has 1 fully saturated rings. The van der Waals surface area contributed by atoms with Crippen LogP contribution in [0.3, 0.4) is 0 Å². The van der Waals surface area contributed by atoms with Gasteiger partial charge in [-0.15, -0.1) is 0 Å². The minimum atomic E-state index is -4.41. The third kappa shape index (κ3) is 5.67. The highest BCUT2D eigenvalue weighted by Gasteiger charge is 2.24. The van der Waals surface area contributed by atoms with Gasteiger partial charge in [0.25, 0.3) is 0 Å². The molecular weight excluding hydrogens is 304 g/mol. The van der Waals surface area contributed by atoms with E-state index in [0.717, 1.165) is 30.4 Å². The van der Waals surface area contributed by atoms with Gasteiger partial charge in [0.1, 0.15) is 5.82 Å². The average molecular weight is 328 g/mol. The van der Waals surface area contributed by atoms with E-state index in [-0.39, 0.29) is 11.6 Å². The van der Waals surface area contributed by atoms with Crippen molar-refractivity contribution in [3.05, 3.63) is 41.2 Å². The molecule has 0 radical (unpaired) electrons. The minimum Gasteiger partial charge on any atom is -0.206 e. The number of hydrogen-bond acceptors (Lipinski definition) is 0. The molecule has 0 unspecified atom stereocenters. The number of benzene rings is 1. The lowest BCUT2D eigenvalue weighted by Gasteiger charge is -2.29. The second kappa shape index (κ2) is 7.98. The highest BCUT2D eigenvalue weighted by molar-refractivity contribution is 5.51. The van der Waals surface area contributed by atoms with E-state index in [0.29, 0.717) is 5.92 Å². The van der Waals surface area contributed by atoms with E-state index >= 15 is 0 Å². The van der Waals surface area contributed by atoms with Gasteiger partial charge in [0.15, 0.2) is 0 Å². The van der Waals surface area contributed by atoms with Gasteiger partial charge >= 0.3 is 6.18 Å². The van der Waals surface area contributed by atoms with Crippen molar-refractivity contribution in [3.63, 3.8) is 0 Å². The molecule has 0 bridgehead atoms. The molecule has 23 heavy (non-hydrogen) atoms. The van der Waals surface area contributed by atoms with E-state index in [1.165, 1.54) is 44.2 Å². The first-order chi connectivity index (χ1) is 10.9. The molecule has 1 aliphatic carbocycles. The predicted octanol–water partition coefficient (Wildman–Crippen LogP) is 6.87. The molecule has 0 saturated heterocycles. The maximum Gasteiger partial charge on any atom is 0.409 e. The highest BCUT2D eigenvalue weighted by atomic mass is 19.4. The summed E-state index contributed by atoms with van der Waals surface area (Å²) in [5.74, 6) is 0.546. The van der Waals surface area contributed by atoms with E-state index in [4.69, 9.17) is 0 Å². The van der Waals surface area contributed by atoms with Crippen molar-refractivity contribution < 1.29 is 17.6 Å². The van der Waals surface area contributed by atoms with Crippen molar-refractivity contribution in [2.75, 3.05) is 0 Å². The number of rotatable bonds is 5. The zero-order chi connectivity index (χ0) is 16.9. The molecule has 0 N–H and O–H groups in total. The summed E-state index contributed by atoms with van der Waals surface area (Å²) in [6.45, 7) is 2.20. The summed E-state index contributed by atoms with van der Waals surface area (Å²) in [5, 5.41) is 0. The third-order valence-corrected chi connectivity index (χ3v) is 4.76. The SMILES string of the molecule is CCCCC1CCC(c2ccc(/C=C\C(F)(F)F)c(F)c2)CC1. The molecule has 128 valence electrons. The summed E-state index contributed by atoms with van der Waals surface area (Å²) in [7, 11) is 0. The fraction of sp³-hybridized carbons (Fsp3) is 0.579. The van der Waals surface area contributed by atoms with Gasteiger partial charge in [-0.2, -0.15) is 13.2 Å². The molecule has 0 nitrogen and oxygen atoms in total. The van der Waals surface area contributed by atoms with Gasteiger partial charge in [-0.3, -0.25) is 0 Å². The Morgan fingerprint density at radius 3 is 2.39 bits per heavy atom. The van der Waals surface area contributed by atoms with Crippen LogP contribution in [0.2, 0.25) is 0 Å². The van der Waals surface area contributed by atoms with E-state index in [9.17, 15) is 17.6 Å². The first kappa shape index (κ1) is 18.0. The average Bonchev–Trinajstić information content (AvgIpc) is 2.51. The third-order valence-electron chi connectivity index (χ3n) is 4.76.